The molecule has 2 aromatic carbocycles. The number of hydrogen-bond donors (Lipinski definition) is 2. The zero-order chi connectivity index (χ0) is 19.9. The van der Waals surface area contributed by atoms with Gasteiger partial charge in [-0.05, 0) is 43.3 Å². The molecule has 2 heterocycles. The SMILES string of the molecule is Cc1ccc(S(=O)(=O)Nc2ccc(-c3ccc4c(n3)C(N)=NC4)c(Cl)c2)cc1. The van der Waals surface area contributed by atoms with Crippen LogP contribution in [0.25, 0.3) is 11.3 Å². The first-order valence-electron chi connectivity index (χ1n) is 8.53. The normalized spacial score (nSPS) is 13.1. The topological polar surface area (TPSA) is 97.4 Å². The van der Waals surface area contributed by atoms with Gasteiger partial charge in [-0.3, -0.25) is 9.71 Å². The van der Waals surface area contributed by atoms with Crippen molar-refractivity contribution in [1.82, 2.24) is 4.98 Å². The molecule has 3 N–H and O–H groups in total. The van der Waals surface area contributed by atoms with Crippen molar-refractivity contribution in [2.75, 3.05) is 4.72 Å². The van der Waals surface area contributed by atoms with E-state index in [2.05, 4.69) is 14.7 Å². The first kappa shape index (κ1) is 18.5. The Hall–Kier alpha value is -2.90. The van der Waals surface area contributed by atoms with Gasteiger partial charge in [0.15, 0.2) is 0 Å². The van der Waals surface area contributed by atoms with Gasteiger partial charge in [0.2, 0.25) is 0 Å². The number of sulfonamides is 1. The predicted molar refractivity (Wildman–Crippen MR) is 111 cm³/mol. The third-order valence-corrected chi connectivity index (χ3v) is 6.18. The van der Waals surface area contributed by atoms with E-state index >= 15 is 0 Å². The summed E-state index contributed by atoms with van der Waals surface area (Å²) in [5.74, 6) is 0.412. The van der Waals surface area contributed by atoms with Crippen LogP contribution in [-0.2, 0) is 16.6 Å². The summed E-state index contributed by atoms with van der Waals surface area (Å²) < 4.78 is 27.6. The number of anilines is 1. The Morgan fingerprint density at radius 2 is 1.82 bits per heavy atom. The van der Waals surface area contributed by atoms with E-state index in [1.165, 1.54) is 0 Å². The van der Waals surface area contributed by atoms with Crippen LogP contribution < -0.4 is 10.5 Å². The molecular weight excluding hydrogens is 396 g/mol. The van der Waals surface area contributed by atoms with Crippen LogP contribution in [0.4, 0.5) is 5.69 Å². The van der Waals surface area contributed by atoms with E-state index < -0.39 is 10.0 Å². The molecule has 1 aliphatic rings. The number of aryl methyl sites for hydroxylation is 1. The second-order valence-corrected chi connectivity index (χ2v) is 8.61. The molecule has 142 valence electrons. The number of benzene rings is 2. The maximum absolute atomic E-state index is 12.5. The highest BCUT2D eigenvalue weighted by Crippen LogP contribution is 2.31. The van der Waals surface area contributed by atoms with Crippen molar-refractivity contribution in [3.63, 3.8) is 0 Å². The number of nitrogens with one attached hydrogen (secondary N) is 1. The van der Waals surface area contributed by atoms with E-state index in [1.54, 1.807) is 42.5 Å². The lowest BCUT2D eigenvalue weighted by Crippen LogP contribution is -2.13. The highest BCUT2D eigenvalue weighted by atomic mass is 35.5. The monoisotopic (exact) mass is 412 g/mol. The fourth-order valence-corrected chi connectivity index (χ4v) is 4.28. The Balaban J connectivity index is 1.63. The number of rotatable bonds is 4. The highest BCUT2D eigenvalue weighted by Gasteiger charge is 2.18. The van der Waals surface area contributed by atoms with Gasteiger partial charge >= 0.3 is 0 Å². The van der Waals surface area contributed by atoms with Crippen molar-refractivity contribution >= 4 is 33.1 Å². The van der Waals surface area contributed by atoms with E-state index in [-0.39, 0.29) is 4.90 Å². The number of aromatic nitrogens is 1. The quantitative estimate of drug-likeness (QED) is 0.682. The summed E-state index contributed by atoms with van der Waals surface area (Å²) in [6, 6.07) is 15.3. The number of pyridine rings is 1. The van der Waals surface area contributed by atoms with Crippen molar-refractivity contribution in [3.8, 4) is 11.3 Å². The van der Waals surface area contributed by atoms with Crippen LogP contribution in [0.3, 0.4) is 0 Å². The molecule has 0 atom stereocenters. The molecule has 4 rings (SSSR count). The van der Waals surface area contributed by atoms with Crippen molar-refractivity contribution in [3.05, 3.63) is 76.4 Å². The lowest BCUT2D eigenvalue weighted by atomic mass is 10.1. The Morgan fingerprint density at radius 1 is 1.07 bits per heavy atom. The molecule has 3 aromatic rings. The highest BCUT2D eigenvalue weighted by molar-refractivity contribution is 7.92. The summed E-state index contributed by atoms with van der Waals surface area (Å²) in [5, 5.41) is 0.380. The van der Waals surface area contributed by atoms with Gasteiger partial charge < -0.3 is 5.73 Å². The molecular formula is C20H17ClN4O2S. The Labute approximate surface area is 168 Å². The second kappa shape index (κ2) is 6.92. The van der Waals surface area contributed by atoms with Crippen LogP contribution in [0, 0.1) is 6.92 Å². The number of nitrogens with zero attached hydrogens (tertiary/aromatic N) is 2. The number of fused-ring (bicyclic) bond motifs is 1. The standard InChI is InChI=1S/C20H17ClN4O2S/c1-12-2-6-15(7-3-12)28(26,27)25-14-5-8-16(17(21)10-14)18-9-4-13-11-23-20(22)19(13)24-18/h2-10,25H,11H2,1H3,(H2,22,23). The lowest BCUT2D eigenvalue weighted by molar-refractivity contribution is 0.601. The number of amidine groups is 1. The molecule has 6 nitrogen and oxygen atoms in total. The van der Waals surface area contributed by atoms with E-state index in [0.29, 0.717) is 40.0 Å². The van der Waals surface area contributed by atoms with Gasteiger partial charge in [-0.25, -0.2) is 13.4 Å². The second-order valence-electron chi connectivity index (χ2n) is 6.52. The fraction of sp³-hybridized carbons (Fsp3) is 0.100. The molecule has 0 unspecified atom stereocenters. The first-order chi connectivity index (χ1) is 13.3. The molecule has 0 radical (unpaired) electrons. The summed E-state index contributed by atoms with van der Waals surface area (Å²) in [5.41, 5.74) is 10.2. The van der Waals surface area contributed by atoms with Crippen molar-refractivity contribution in [2.45, 2.75) is 18.4 Å². The van der Waals surface area contributed by atoms with E-state index in [1.807, 2.05) is 19.1 Å². The smallest absolute Gasteiger partial charge is 0.261 e. The van der Waals surface area contributed by atoms with Crippen LogP contribution in [-0.4, -0.2) is 19.2 Å². The maximum Gasteiger partial charge on any atom is 0.261 e. The average molecular weight is 413 g/mol. The number of nitrogens with two attached hydrogens (primary N) is 1. The summed E-state index contributed by atoms with van der Waals surface area (Å²) in [7, 11) is -3.70. The number of aliphatic imine (C=N–C) groups is 1. The van der Waals surface area contributed by atoms with E-state index in [0.717, 1.165) is 11.1 Å². The summed E-state index contributed by atoms with van der Waals surface area (Å²) >= 11 is 6.41. The van der Waals surface area contributed by atoms with Gasteiger partial charge in [-0.1, -0.05) is 35.4 Å². The Morgan fingerprint density at radius 3 is 2.54 bits per heavy atom. The third-order valence-electron chi connectivity index (χ3n) is 4.47. The summed E-state index contributed by atoms with van der Waals surface area (Å²) in [6.45, 7) is 2.43. The molecule has 0 fully saturated rings. The average Bonchev–Trinajstić information content (AvgIpc) is 3.02. The van der Waals surface area contributed by atoms with Crippen LogP contribution in [0.5, 0.6) is 0 Å². The molecule has 0 amide bonds. The zero-order valence-corrected chi connectivity index (χ0v) is 16.6. The lowest BCUT2D eigenvalue weighted by Gasteiger charge is -2.11. The summed E-state index contributed by atoms with van der Waals surface area (Å²) in [6.07, 6.45) is 0. The van der Waals surface area contributed by atoms with Gasteiger partial charge in [0.1, 0.15) is 11.5 Å². The van der Waals surface area contributed by atoms with Crippen molar-refractivity contribution in [1.29, 1.82) is 0 Å². The zero-order valence-electron chi connectivity index (χ0n) is 15.0. The molecule has 0 aliphatic carbocycles. The molecule has 0 saturated carbocycles. The minimum atomic E-state index is -3.70. The fourth-order valence-electron chi connectivity index (χ4n) is 2.95. The van der Waals surface area contributed by atoms with Crippen LogP contribution in [0.2, 0.25) is 5.02 Å². The Bertz CT molecular complexity index is 1210. The van der Waals surface area contributed by atoms with Crippen LogP contribution in [0.1, 0.15) is 16.8 Å². The molecule has 8 heteroatoms. The van der Waals surface area contributed by atoms with Crippen molar-refractivity contribution in [2.24, 2.45) is 10.7 Å². The van der Waals surface area contributed by atoms with Gasteiger partial charge in [0.25, 0.3) is 10.0 Å². The maximum atomic E-state index is 12.5. The Kier molecular flexibility index (Phi) is 4.56. The molecule has 0 saturated heterocycles. The van der Waals surface area contributed by atoms with Crippen molar-refractivity contribution < 1.29 is 8.42 Å². The van der Waals surface area contributed by atoms with E-state index in [9.17, 15) is 8.42 Å². The molecule has 0 bridgehead atoms. The number of halogens is 1. The molecule has 1 aromatic heterocycles. The van der Waals surface area contributed by atoms with Gasteiger partial charge in [-0.2, -0.15) is 0 Å². The number of hydrogen-bond acceptors (Lipinski definition) is 5. The minimum Gasteiger partial charge on any atom is -0.382 e. The largest absolute Gasteiger partial charge is 0.382 e. The molecule has 28 heavy (non-hydrogen) atoms. The van der Waals surface area contributed by atoms with E-state index in [4.69, 9.17) is 17.3 Å². The first-order valence-corrected chi connectivity index (χ1v) is 10.4. The van der Waals surface area contributed by atoms with Gasteiger partial charge in [0.05, 0.1) is 27.8 Å². The predicted octanol–water partition coefficient (Wildman–Crippen LogP) is 3.73. The molecule has 0 spiro atoms. The van der Waals surface area contributed by atoms with Gasteiger partial charge in [-0.15, -0.1) is 0 Å². The third kappa shape index (κ3) is 3.46. The summed E-state index contributed by atoms with van der Waals surface area (Å²) in [4.78, 5) is 8.91. The van der Waals surface area contributed by atoms with Crippen LogP contribution in [0.15, 0.2) is 64.5 Å². The van der Waals surface area contributed by atoms with Crippen LogP contribution >= 0.6 is 11.6 Å². The van der Waals surface area contributed by atoms with Gasteiger partial charge in [0, 0.05) is 11.1 Å². The minimum absolute atomic E-state index is 0.188. The molecule has 1 aliphatic heterocycles.